The highest BCUT2D eigenvalue weighted by Gasteiger charge is 2.17. The van der Waals surface area contributed by atoms with Crippen LogP contribution in [0.5, 0.6) is 0 Å². The molecule has 1 N–H and O–H groups in total. The molecule has 2 heteroatoms. The molecule has 14 heavy (non-hydrogen) atoms. The second kappa shape index (κ2) is 3.82. The highest BCUT2D eigenvalue weighted by molar-refractivity contribution is 5.85. The Morgan fingerprint density at radius 3 is 2.57 bits per heavy atom. The van der Waals surface area contributed by atoms with Crippen LogP contribution in [0.1, 0.15) is 31.9 Å². The highest BCUT2D eigenvalue weighted by atomic mass is 35.5. The molecule has 0 amide bonds. The van der Waals surface area contributed by atoms with Crippen LogP contribution in [0.4, 0.5) is 5.69 Å². The lowest BCUT2D eigenvalue weighted by Gasteiger charge is -2.19. The fraction of sp³-hybridized carbons (Fsp3) is 0.500. The van der Waals surface area contributed by atoms with Crippen LogP contribution in [0.25, 0.3) is 0 Å². The van der Waals surface area contributed by atoms with Crippen LogP contribution in [0.2, 0.25) is 0 Å². The van der Waals surface area contributed by atoms with E-state index in [1.807, 2.05) is 0 Å². The van der Waals surface area contributed by atoms with E-state index >= 15 is 0 Å². The molecule has 78 valence electrons. The third-order valence-electron chi connectivity index (χ3n) is 2.68. The van der Waals surface area contributed by atoms with Crippen molar-refractivity contribution in [2.45, 2.75) is 32.6 Å². The standard InChI is InChI=1S/C12H17N.ClH/c1-12(2,3)10-4-5-11-9(8-10)6-7-13-11;/h4-5,8,13H,6-7H2,1-3H3;1H. The van der Waals surface area contributed by atoms with E-state index in [0.717, 1.165) is 6.54 Å². The molecular weight excluding hydrogens is 194 g/mol. The molecule has 0 saturated carbocycles. The summed E-state index contributed by atoms with van der Waals surface area (Å²) < 4.78 is 0. The van der Waals surface area contributed by atoms with Gasteiger partial charge in [0.25, 0.3) is 0 Å². The topological polar surface area (TPSA) is 12.0 Å². The average Bonchev–Trinajstić information content (AvgIpc) is 2.47. The van der Waals surface area contributed by atoms with Crippen molar-refractivity contribution >= 4 is 18.1 Å². The van der Waals surface area contributed by atoms with Crippen LogP contribution in [-0.4, -0.2) is 6.54 Å². The number of hydrogen-bond donors (Lipinski definition) is 1. The van der Waals surface area contributed by atoms with Crippen molar-refractivity contribution in [1.82, 2.24) is 0 Å². The lowest BCUT2D eigenvalue weighted by molar-refractivity contribution is 0.590. The summed E-state index contributed by atoms with van der Waals surface area (Å²) in [6.45, 7) is 7.88. The number of rotatable bonds is 0. The zero-order valence-corrected chi connectivity index (χ0v) is 9.87. The Bertz CT molecular complexity index is 326. The van der Waals surface area contributed by atoms with Gasteiger partial charge in [-0.05, 0) is 29.0 Å². The van der Waals surface area contributed by atoms with Crippen LogP contribution < -0.4 is 5.32 Å². The van der Waals surface area contributed by atoms with E-state index < -0.39 is 0 Å². The van der Waals surface area contributed by atoms with Crippen molar-refractivity contribution in [3.63, 3.8) is 0 Å². The minimum absolute atomic E-state index is 0. The van der Waals surface area contributed by atoms with Crippen molar-refractivity contribution in [3.05, 3.63) is 29.3 Å². The fourth-order valence-corrected chi connectivity index (χ4v) is 1.77. The molecule has 1 aromatic rings. The zero-order chi connectivity index (χ0) is 9.47. The van der Waals surface area contributed by atoms with Gasteiger partial charge in [-0.1, -0.05) is 32.9 Å². The summed E-state index contributed by atoms with van der Waals surface area (Å²) in [5.74, 6) is 0. The first-order valence-electron chi connectivity index (χ1n) is 4.95. The second-order valence-electron chi connectivity index (χ2n) is 4.80. The van der Waals surface area contributed by atoms with Crippen molar-refractivity contribution in [2.75, 3.05) is 11.9 Å². The quantitative estimate of drug-likeness (QED) is 0.694. The van der Waals surface area contributed by atoms with Gasteiger partial charge in [-0.25, -0.2) is 0 Å². The number of fused-ring (bicyclic) bond motifs is 1. The Morgan fingerprint density at radius 2 is 1.93 bits per heavy atom. The van der Waals surface area contributed by atoms with Crippen LogP contribution >= 0.6 is 12.4 Å². The largest absolute Gasteiger partial charge is 0.384 e. The second-order valence-corrected chi connectivity index (χ2v) is 4.80. The lowest BCUT2D eigenvalue weighted by atomic mass is 9.86. The van der Waals surface area contributed by atoms with Gasteiger partial charge >= 0.3 is 0 Å². The summed E-state index contributed by atoms with van der Waals surface area (Å²) in [5, 5.41) is 3.38. The highest BCUT2D eigenvalue weighted by Crippen LogP contribution is 2.29. The number of anilines is 1. The molecule has 2 rings (SSSR count). The van der Waals surface area contributed by atoms with E-state index in [0.29, 0.717) is 0 Å². The van der Waals surface area contributed by atoms with Crippen molar-refractivity contribution in [3.8, 4) is 0 Å². The minimum Gasteiger partial charge on any atom is -0.384 e. The maximum absolute atomic E-state index is 3.38. The van der Waals surface area contributed by atoms with Crippen molar-refractivity contribution in [2.24, 2.45) is 0 Å². The summed E-state index contributed by atoms with van der Waals surface area (Å²) in [6, 6.07) is 6.79. The van der Waals surface area contributed by atoms with E-state index in [1.54, 1.807) is 0 Å². The smallest absolute Gasteiger partial charge is 0.0373 e. The molecule has 1 aromatic carbocycles. The predicted molar refractivity (Wildman–Crippen MR) is 64.6 cm³/mol. The Balaban J connectivity index is 0.000000980. The van der Waals surface area contributed by atoms with Gasteiger partial charge in [0.1, 0.15) is 0 Å². The molecule has 0 saturated heterocycles. The summed E-state index contributed by atoms with van der Waals surface area (Å²) in [6.07, 6.45) is 1.18. The third-order valence-corrected chi connectivity index (χ3v) is 2.68. The van der Waals surface area contributed by atoms with E-state index in [-0.39, 0.29) is 17.8 Å². The molecule has 1 heterocycles. The van der Waals surface area contributed by atoms with E-state index in [2.05, 4.69) is 44.3 Å². The van der Waals surface area contributed by atoms with Gasteiger partial charge in [-0.15, -0.1) is 12.4 Å². The Kier molecular flexibility index (Phi) is 3.10. The SMILES string of the molecule is CC(C)(C)c1ccc2c(c1)CCN2.Cl. The Hall–Kier alpha value is -0.690. The number of hydrogen-bond acceptors (Lipinski definition) is 1. The van der Waals surface area contributed by atoms with E-state index in [9.17, 15) is 0 Å². The molecule has 0 spiro atoms. The zero-order valence-electron chi connectivity index (χ0n) is 9.05. The molecule has 1 aliphatic heterocycles. The van der Waals surface area contributed by atoms with Gasteiger partial charge < -0.3 is 5.32 Å². The molecule has 0 radical (unpaired) electrons. The van der Waals surface area contributed by atoms with Gasteiger partial charge in [-0.2, -0.15) is 0 Å². The Labute approximate surface area is 92.3 Å². The van der Waals surface area contributed by atoms with Gasteiger partial charge in [0, 0.05) is 12.2 Å². The van der Waals surface area contributed by atoms with Crippen molar-refractivity contribution in [1.29, 1.82) is 0 Å². The molecule has 1 nitrogen and oxygen atoms in total. The molecule has 0 unspecified atom stereocenters. The summed E-state index contributed by atoms with van der Waals surface area (Å²) in [5.41, 5.74) is 4.52. The monoisotopic (exact) mass is 211 g/mol. The molecule has 0 atom stereocenters. The van der Waals surface area contributed by atoms with Crippen LogP contribution in [0.3, 0.4) is 0 Å². The number of benzene rings is 1. The van der Waals surface area contributed by atoms with Gasteiger partial charge in [0.05, 0.1) is 0 Å². The third kappa shape index (κ3) is 2.03. The number of halogens is 1. The van der Waals surface area contributed by atoms with E-state index in [1.165, 1.54) is 23.2 Å². The summed E-state index contributed by atoms with van der Waals surface area (Å²) in [4.78, 5) is 0. The maximum atomic E-state index is 3.38. The molecule has 0 aromatic heterocycles. The van der Waals surface area contributed by atoms with Gasteiger partial charge in [-0.3, -0.25) is 0 Å². The maximum Gasteiger partial charge on any atom is 0.0373 e. The molecular formula is C12H18ClN. The van der Waals surface area contributed by atoms with Crippen LogP contribution in [0.15, 0.2) is 18.2 Å². The average molecular weight is 212 g/mol. The first-order valence-corrected chi connectivity index (χ1v) is 4.95. The molecule has 1 aliphatic rings. The van der Waals surface area contributed by atoms with Crippen LogP contribution in [0, 0.1) is 0 Å². The number of nitrogens with one attached hydrogen (secondary N) is 1. The first kappa shape index (κ1) is 11.4. The Morgan fingerprint density at radius 1 is 1.21 bits per heavy atom. The molecule has 0 aliphatic carbocycles. The molecule has 0 fully saturated rings. The molecule has 0 bridgehead atoms. The van der Waals surface area contributed by atoms with Gasteiger partial charge in [0.2, 0.25) is 0 Å². The van der Waals surface area contributed by atoms with E-state index in [4.69, 9.17) is 0 Å². The van der Waals surface area contributed by atoms with Crippen LogP contribution in [-0.2, 0) is 11.8 Å². The van der Waals surface area contributed by atoms with Gasteiger partial charge in [0.15, 0.2) is 0 Å². The van der Waals surface area contributed by atoms with Crippen molar-refractivity contribution < 1.29 is 0 Å². The fourth-order valence-electron chi connectivity index (χ4n) is 1.77. The predicted octanol–water partition coefficient (Wildman–Crippen LogP) is 3.37. The normalized spacial score (nSPS) is 14.2. The summed E-state index contributed by atoms with van der Waals surface area (Å²) >= 11 is 0. The first-order chi connectivity index (χ1) is 6.07. The summed E-state index contributed by atoms with van der Waals surface area (Å²) in [7, 11) is 0. The minimum atomic E-state index is 0. The lowest BCUT2D eigenvalue weighted by Crippen LogP contribution is -2.10.